The standard InChI is InChI=1S/C29H25N3O4S/c1-16-26(29-30-21-5-2-3-7-24(21)37-29)27(35)19-9-10-23(33)20(28(19)36-16)15-31-12-17-11-18(14-31)22-6-4-8-25(34)32(22)13-17/h2-10,17-18,33H,11-15H2,1H3/t17-,18+/m1/s1. The smallest absolute Gasteiger partial charge is 0.250 e. The highest BCUT2D eigenvalue weighted by molar-refractivity contribution is 7.21. The molecule has 0 saturated carbocycles. The van der Waals surface area contributed by atoms with Crippen molar-refractivity contribution in [2.45, 2.75) is 32.4 Å². The van der Waals surface area contributed by atoms with Crippen LogP contribution in [-0.4, -0.2) is 32.6 Å². The number of aryl methyl sites for hydroxylation is 1. The van der Waals surface area contributed by atoms with Crippen molar-refractivity contribution in [1.29, 1.82) is 0 Å². The minimum atomic E-state index is -0.136. The summed E-state index contributed by atoms with van der Waals surface area (Å²) in [5, 5.41) is 11.9. The van der Waals surface area contributed by atoms with Crippen LogP contribution in [0, 0.1) is 12.8 Å². The van der Waals surface area contributed by atoms with Gasteiger partial charge in [0.25, 0.3) is 5.56 Å². The first-order chi connectivity index (χ1) is 18.0. The number of fused-ring (bicyclic) bond motifs is 6. The van der Waals surface area contributed by atoms with E-state index in [1.165, 1.54) is 11.3 Å². The first kappa shape index (κ1) is 22.4. The number of aromatic hydroxyl groups is 1. The van der Waals surface area contributed by atoms with Crippen molar-refractivity contribution in [2.75, 3.05) is 13.1 Å². The molecule has 7 nitrogen and oxygen atoms in total. The number of para-hydroxylation sites is 1. The summed E-state index contributed by atoms with van der Waals surface area (Å²) < 4.78 is 9.21. The molecule has 1 fully saturated rings. The first-order valence-electron chi connectivity index (χ1n) is 12.5. The maximum Gasteiger partial charge on any atom is 0.250 e. The lowest BCUT2D eigenvalue weighted by molar-refractivity contribution is 0.113. The van der Waals surface area contributed by atoms with E-state index >= 15 is 0 Å². The number of piperidine rings is 1. The molecule has 0 radical (unpaired) electrons. The van der Waals surface area contributed by atoms with Gasteiger partial charge in [-0.25, -0.2) is 4.98 Å². The fraction of sp³-hybridized carbons (Fsp3) is 0.276. The number of nitrogens with zero attached hydrogens (tertiary/aromatic N) is 3. The number of hydrogen-bond donors (Lipinski definition) is 1. The maximum atomic E-state index is 13.7. The van der Waals surface area contributed by atoms with E-state index in [1.807, 2.05) is 41.0 Å². The van der Waals surface area contributed by atoms with Gasteiger partial charge in [-0.2, -0.15) is 0 Å². The summed E-state index contributed by atoms with van der Waals surface area (Å²) in [6.45, 7) is 4.57. The Balaban J connectivity index is 1.28. The van der Waals surface area contributed by atoms with Crippen LogP contribution < -0.4 is 11.0 Å². The van der Waals surface area contributed by atoms with Crippen LogP contribution in [-0.2, 0) is 13.1 Å². The second kappa shape index (κ2) is 8.39. The predicted octanol–water partition coefficient (Wildman–Crippen LogP) is 4.86. The molecule has 2 aliphatic rings. The van der Waals surface area contributed by atoms with Gasteiger partial charge in [0.1, 0.15) is 22.1 Å². The molecule has 3 aromatic heterocycles. The van der Waals surface area contributed by atoms with Crippen molar-refractivity contribution in [1.82, 2.24) is 14.5 Å². The van der Waals surface area contributed by atoms with Gasteiger partial charge in [-0.15, -0.1) is 11.3 Å². The van der Waals surface area contributed by atoms with Gasteiger partial charge in [0.15, 0.2) is 0 Å². The lowest BCUT2D eigenvalue weighted by atomic mass is 9.83. The van der Waals surface area contributed by atoms with Gasteiger partial charge >= 0.3 is 0 Å². The lowest BCUT2D eigenvalue weighted by Crippen LogP contribution is -2.46. The van der Waals surface area contributed by atoms with E-state index in [2.05, 4.69) is 9.88 Å². The van der Waals surface area contributed by atoms with Crippen molar-refractivity contribution in [3.8, 4) is 16.3 Å². The average molecular weight is 512 g/mol. The van der Waals surface area contributed by atoms with Crippen molar-refractivity contribution >= 4 is 32.5 Å². The molecule has 186 valence electrons. The molecule has 5 aromatic rings. The molecule has 0 amide bonds. The third-order valence-corrected chi connectivity index (χ3v) is 8.81. The molecular weight excluding hydrogens is 486 g/mol. The molecule has 8 heteroatoms. The first-order valence-corrected chi connectivity index (χ1v) is 13.3. The number of aromatic nitrogens is 2. The van der Waals surface area contributed by atoms with E-state index in [0.717, 1.165) is 35.4 Å². The van der Waals surface area contributed by atoms with Gasteiger partial charge in [0.05, 0.1) is 26.7 Å². The van der Waals surface area contributed by atoms with Crippen LogP contribution in [0.15, 0.2) is 68.6 Å². The number of pyridine rings is 1. The van der Waals surface area contributed by atoms with Crippen LogP contribution >= 0.6 is 11.3 Å². The number of likely N-dealkylation sites (tertiary alicyclic amines) is 1. The molecule has 1 saturated heterocycles. The third kappa shape index (κ3) is 3.62. The molecule has 0 aliphatic carbocycles. The van der Waals surface area contributed by atoms with E-state index < -0.39 is 0 Å². The van der Waals surface area contributed by atoms with E-state index in [9.17, 15) is 14.7 Å². The van der Waals surface area contributed by atoms with Crippen molar-refractivity contribution in [3.05, 3.63) is 92.2 Å². The van der Waals surface area contributed by atoms with Gasteiger partial charge in [-0.1, -0.05) is 18.2 Å². The number of phenolic OH excluding ortho intramolecular Hbond substituents is 1. The molecule has 2 aliphatic heterocycles. The Morgan fingerprint density at radius 3 is 2.78 bits per heavy atom. The highest BCUT2D eigenvalue weighted by Crippen LogP contribution is 2.38. The Morgan fingerprint density at radius 1 is 1.05 bits per heavy atom. The molecular formula is C29H25N3O4S. The quantitative estimate of drug-likeness (QED) is 0.372. The Hall–Kier alpha value is -3.75. The maximum absolute atomic E-state index is 13.7. The van der Waals surface area contributed by atoms with Crippen molar-refractivity contribution < 1.29 is 9.52 Å². The summed E-state index contributed by atoms with van der Waals surface area (Å²) >= 11 is 1.47. The molecule has 37 heavy (non-hydrogen) atoms. The van der Waals surface area contributed by atoms with Crippen LogP contribution in [0.4, 0.5) is 0 Å². The predicted molar refractivity (Wildman–Crippen MR) is 144 cm³/mol. The highest BCUT2D eigenvalue weighted by atomic mass is 32.1. The zero-order chi connectivity index (χ0) is 25.3. The van der Waals surface area contributed by atoms with E-state index in [4.69, 9.17) is 4.42 Å². The average Bonchev–Trinajstić information content (AvgIpc) is 3.30. The van der Waals surface area contributed by atoms with E-state index in [1.54, 1.807) is 25.1 Å². The molecule has 0 unspecified atom stereocenters. The summed E-state index contributed by atoms with van der Waals surface area (Å²) in [5.41, 5.74) is 3.39. The topological polar surface area (TPSA) is 88.6 Å². The fourth-order valence-electron chi connectivity index (χ4n) is 6.14. The van der Waals surface area contributed by atoms with Crippen molar-refractivity contribution in [3.63, 3.8) is 0 Å². The zero-order valence-electron chi connectivity index (χ0n) is 20.3. The van der Waals surface area contributed by atoms with E-state index in [0.29, 0.717) is 51.9 Å². The highest BCUT2D eigenvalue weighted by Gasteiger charge is 2.35. The van der Waals surface area contributed by atoms with Gasteiger partial charge in [0, 0.05) is 43.9 Å². The Morgan fingerprint density at radius 2 is 1.92 bits per heavy atom. The molecule has 0 spiro atoms. The van der Waals surface area contributed by atoms with Crippen LogP contribution in [0.25, 0.3) is 31.8 Å². The van der Waals surface area contributed by atoms with Crippen LogP contribution in [0.2, 0.25) is 0 Å². The number of rotatable bonds is 3. The monoisotopic (exact) mass is 511 g/mol. The van der Waals surface area contributed by atoms with Gasteiger partial charge < -0.3 is 14.1 Å². The number of phenols is 1. The minimum absolute atomic E-state index is 0.0635. The summed E-state index contributed by atoms with van der Waals surface area (Å²) in [4.78, 5) is 33.1. The van der Waals surface area contributed by atoms with Crippen LogP contribution in [0.3, 0.4) is 0 Å². The zero-order valence-corrected chi connectivity index (χ0v) is 21.1. The van der Waals surface area contributed by atoms with Crippen LogP contribution in [0.5, 0.6) is 5.75 Å². The number of hydrogen-bond acceptors (Lipinski definition) is 7. The van der Waals surface area contributed by atoms with Gasteiger partial charge in [-0.3, -0.25) is 14.5 Å². The Labute approximate surface area is 216 Å². The van der Waals surface area contributed by atoms with Crippen molar-refractivity contribution in [2.24, 2.45) is 5.92 Å². The molecule has 2 bridgehead atoms. The molecule has 7 rings (SSSR count). The van der Waals surface area contributed by atoms with Gasteiger partial charge in [0.2, 0.25) is 5.43 Å². The molecule has 2 aromatic carbocycles. The summed E-state index contributed by atoms with van der Waals surface area (Å²) in [5.74, 6) is 1.24. The molecule has 1 N–H and O–H groups in total. The van der Waals surface area contributed by atoms with Crippen LogP contribution in [0.1, 0.15) is 29.4 Å². The molecule has 2 atom stereocenters. The Kier molecular flexibility index (Phi) is 5.09. The summed E-state index contributed by atoms with van der Waals surface area (Å²) in [6, 6.07) is 16.6. The minimum Gasteiger partial charge on any atom is -0.507 e. The molecule has 5 heterocycles. The number of thiazole rings is 1. The fourth-order valence-corrected chi connectivity index (χ4v) is 7.20. The second-order valence-corrected chi connectivity index (χ2v) is 11.2. The van der Waals surface area contributed by atoms with Gasteiger partial charge in [-0.05, 0) is 49.6 Å². The normalized spacial score (nSPS) is 19.4. The second-order valence-electron chi connectivity index (χ2n) is 10.2. The Bertz CT molecular complexity index is 1790. The summed E-state index contributed by atoms with van der Waals surface area (Å²) in [7, 11) is 0. The largest absolute Gasteiger partial charge is 0.507 e. The summed E-state index contributed by atoms with van der Waals surface area (Å²) in [6.07, 6.45) is 1.06. The number of benzene rings is 2. The third-order valence-electron chi connectivity index (χ3n) is 7.76. The lowest BCUT2D eigenvalue weighted by Gasteiger charge is -2.42. The van der Waals surface area contributed by atoms with E-state index in [-0.39, 0.29) is 22.7 Å². The SMILES string of the molecule is Cc1oc2c(CN3C[C@H]4C[C@@H](C3)c3cccc(=O)n3C4)c(O)ccc2c(=O)c1-c1nc2ccccc2s1.